The van der Waals surface area contributed by atoms with E-state index in [1.807, 2.05) is 6.92 Å². The summed E-state index contributed by atoms with van der Waals surface area (Å²) in [5.74, 6) is 0.701. The second kappa shape index (κ2) is 10.8. The minimum absolute atomic E-state index is 0.126. The third-order valence-electron chi connectivity index (χ3n) is 4.05. The number of sulfonamides is 1. The Hall–Kier alpha value is -2.40. The van der Waals surface area contributed by atoms with Crippen LogP contribution in [0.1, 0.15) is 13.8 Å². The average Bonchev–Trinajstić information content (AvgIpc) is 2.71. The van der Waals surface area contributed by atoms with Gasteiger partial charge in [-0.1, -0.05) is 0 Å². The molecule has 1 saturated heterocycles. The molecule has 0 aliphatic carbocycles. The maximum atomic E-state index is 12.2. The van der Waals surface area contributed by atoms with E-state index in [-0.39, 0.29) is 17.5 Å². The van der Waals surface area contributed by atoms with Crippen molar-refractivity contribution in [2.75, 3.05) is 52.4 Å². The summed E-state index contributed by atoms with van der Waals surface area (Å²) in [6.07, 6.45) is 2.53. The minimum atomic E-state index is -3.59. The molecule has 0 aromatic carbocycles. The molecule has 11 heteroatoms. The van der Waals surface area contributed by atoms with E-state index in [1.54, 1.807) is 17.9 Å². The van der Waals surface area contributed by atoms with E-state index >= 15 is 0 Å². The van der Waals surface area contributed by atoms with Gasteiger partial charge in [0, 0.05) is 51.7 Å². The van der Waals surface area contributed by atoms with Crippen molar-refractivity contribution in [3.8, 4) is 0 Å². The average molecular weight is 413 g/mol. The number of aromatic nitrogens is 1. The zero-order chi connectivity index (χ0) is 20.4. The number of hydrogen-bond donors (Lipinski definition) is 2. The first-order valence-corrected chi connectivity index (χ1v) is 10.8. The standard InChI is InChI=1S/C17H28N6O4S/c1-3-19-16(22-10-12-23(13-11-22)17(24)27-4-2)20-8-9-21-28(25,26)15-6-5-7-18-14-15/h5-7,14,21H,3-4,8-13H2,1-2H3,(H,19,20). The zero-order valence-corrected chi connectivity index (χ0v) is 17.1. The van der Waals surface area contributed by atoms with Crippen LogP contribution >= 0.6 is 0 Å². The number of guanidine groups is 1. The van der Waals surface area contributed by atoms with E-state index in [2.05, 4.69) is 24.9 Å². The van der Waals surface area contributed by atoms with Gasteiger partial charge in [-0.3, -0.25) is 9.98 Å². The number of hydrogen-bond acceptors (Lipinski definition) is 6. The summed E-state index contributed by atoms with van der Waals surface area (Å²) in [6, 6.07) is 3.07. The summed E-state index contributed by atoms with van der Waals surface area (Å²) in [5, 5.41) is 3.20. The number of ether oxygens (including phenoxy) is 1. The number of nitrogens with zero attached hydrogens (tertiary/aromatic N) is 4. The Morgan fingerprint density at radius 1 is 1.25 bits per heavy atom. The number of rotatable bonds is 7. The van der Waals surface area contributed by atoms with E-state index in [4.69, 9.17) is 4.74 Å². The van der Waals surface area contributed by atoms with Crippen LogP contribution in [0.5, 0.6) is 0 Å². The molecule has 2 rings (SSSR count). The lowest BCUT2D eigenvalue weighted by Gasteiger charge is -2.35. The second-order valence-corrected chi connectivity index (χ2v) is 7.76. The summed E-state index contributed by atoms with van der Waals surface area (Å²) < 4.78 is 31.9. The number of nitrogens with one attached hydrogen (secondary N) is 2. The van der Waals surface area contributed by atoms with E-state index in [1.165, 1.54) is 18.5 Å². The monoisotopic (exact) mass is 412 g/mol. The highest BCUT2D eigenvalue weighted by Gasteiger charge is 2.23. The minimum Gasteiger partial charge on any atom is -0.450 e. The second-order valence-electron chi connectivity index (χ2n) is 6.00. The number of pyridine rings is 1. The van der Waals surface area contributed by atoms with E-state index in [0.717, 1.165) is 0 Å². The maximum Gasteiger partial charge on any atom is 0.409 e. The smallest absolute Gasteiger partial charge is 0.409 e. The number of carbonyl (C=O) groups is 1. The quantitative estimate of drug-likeness (QED) is 0.371. The SMILES string of the molecule is CCNC(=NCCNS(=O)(=O)c1cccnc1)N1CCN(C(=O)OCC)CC1. The largest absolute Gasteiger partial charge is 0.450 e. The van der Waals surface area contributed by atoms with Gasteiger partial charge in [-0.15, -0.1) is 0 Å². The van der Waals surface area contributed by atoms with Crippen molar-refractivity contribution >= 4 is 22.1 Å². The van der Waals surface area contributed by atoms with Crippen LogP contribution in [0.2, 0.25) is 0 Å². The molecule has 1 aromatic heterocycles. The number of piperazine rings is 1. The third-order valence-corrected chi connectivity index (χ3v) is 5.50. The van der Waals surface area contributed by atoms with Gasteiger partial charge in [-0.25, -0.2) is 17.9 Å². The van der Waals surface area contributed by atoms with Gasteiger partial charge in [-0.05, 0) is 26.0 Å². The van der Waals surface area contributed by atoms with Gasteiger partial charge in [0.2, 0.25) is 10.0 Å². The van der Waals surface area contributed by atoms with Crippen molar-refractivity contribution in [3.05, 3.63) is 24.5 Å². The first-order chi connectivity index (χ1) is 13.5. The fourth-order valence-corrected chi connectivity index (χ4v) is 3.66. The van der Waals surface area contributed by atoms with Crippen LogP contribution in [0.4, 0.5) is 4.79 Å². The summed E-state index contributed by atoms with van der Waals surface area (Å²) in [7, 11) is -3.59. The van der Waals surface area contributed by atoms with Crippen LogP contribution < -0.4 is 10.0 Å². The Balaban J connectivity index is 1.86. The topological polar surface area (TPSA) is 116 Å². The molecule has 2 N–H and O–H groups in total. The molecule has 28 heavy (non-hydrogen) atoms. The summed E-state index contributed by atoms with van der Waals surface area (Å²) in [4.78, 5) is 24.0. The Morgan fingerprint density at radius 3 is 2.57 bits per heavy atom. The summed E-state index contributed by atoms with van der Waals surface area (Å²) >= 11 is 0. The fourth-order valence-electron chi connectivity index (χ4n) is 2.67. The normalized spacial score (nSPS) is 15.4. The van der Waals surface area contributed by atoms with Crippen LogP contribution in [0.15, 0.2) is 34.4 Å². The van der Waals surface area contributed by atoms with Crippen LogP contribution in [0.3, 0.4) is 0 Å². The molecule has 1 fully saturated rings. The lowest BCUT2D eigenvalue weighted by atomic mass is 10.3. The lowest BCUT2D eigenvalue weighted by molar-refractivity contribution is 0.0914. The van der Waals surface area contributed by atoms with E-state index < -0.39 is 10.0 Å². The first kappa shape index (κ1) is 21.9. The Bertz CT molecular complexity index is 748. The molecule has 0 saturated carbocycles. The zero-order valence-electron chi connectivity index (χ0n) is 16.3. The Labute approximate surface area is 166 Å². The van der Waals surface area contributed by atoms with E-state index in [0.29, 0.717) is 51.8 Å². The van der Waals surface area contributed by atoms with Gasteiger partial charge in [0.05, 0.1) is 13.2 Å². The Morgan fingerprint density at radius 2 is 1.96 bits per heavy atom. The van der Waals surface area contributed by atoms with Gasteiger partial charge in [0.25, 0.3) is 0 Å². The van der Waals surface area contributed by atoms with E-state index in [9.17, 15) is 13.2 Å². The maximum absolute atomic E-state index is 12.2. The van der Waals surface area contributed by atoms with Crippen LogP contribution in [0, 0.1) is 0 Å². The molecule has 10 nitrogen and oxygen atoms in total. The first-order valence-electron chi connectivity index (χ1n) is 9.32. The molecule has 1 aliphatic rings. The number of carbonyl (C=O) groups excluding carboxylic acids is 1. The lowest BCUT2D eigenvalue weighted by Crippen LogP contribution is -2.54. The number of amides is 1. The number of aliphatic imine (C=N–C) groups is 1. The molecular formula is C17H28N6O4S. The van der Waals surface area contributed by atoms with Crippen molar-refractivity contribution in [2.24, 2.45) is 4.99 Å². The van der Waals surface area contributed by atoms with Gasteiger partial charge < -0.3 is 19.9 Å². The highest BCUT2D eigenvalue weighted by molar-refractivity contribution is 7.89. The molecule has 0 bridgehead atoms. The fraction of sp³-hybridized carbons (Fsp3) is 0.588. The molecule has 1 aliphatic heterocycles. The summed E-state index contributed by atoms with van der Waals surface area (Å²) in [6.45, 7) is 7.64. The van der Waals surface area contributed by atoms with Crippen LogP contribution in [0.25, 0.3) is 0 Å². The van der Waals surface area contributed by atoms with Crippen molar-refractivity contribution in [2.45, 2.75) is 18.7 Å². The van der Waals surface area contributed by atoms with Crippen molar-refractivity contribution in [1.82, 2.24) is 24.8 Å². The van der Waals surface area contributed by atoms with Gasteiger partial charge in [0.15, 0.2) is 5.96 Å². The highest BCUT2D eigenvalue weighted by Crippen LogP contribution is 2.06. The van der Waals surface area contributed by atoms with Crippen LogP contribution in [-0.2, 0) is 14.8 Å². The van der Waals surface area contributed by atoms with Crippen molar-refractivity contribution < 1.29 is 17.9 Å². The van der Waals surface area contributed by atoms with Gasteiger partial charge >= 0.3 is 6.09 Å². The summed E-state index contributed by atoms with van der Waals surface area (Å²) in [5.41, 5.74) is 0. The van der Waals surface area contributed by atoms with Crippen molar-refractivity contribution in [3.63, 3.8) is 0 Å². The van der Waals surface area contributed by atoms with Crippen molar-refractivity contribution in [1.29, 1.82) is 0 Å². The van der Waals surface area contributed by atoms with Gasteiger partial charge in [0.1, 0.15) is 4.90 Å². The molecular weight excluding hydrogens is 384 g/mol. The molecule has 0 radical (unpaired) electrons. The third kappa shape index (κ3) is 6.34. The molecule has 156 valence electrons. The molecule has 1 aromatic rings. The van der Waals surface area contributed by atoms with Gasteiger partial charge in [-0.2, -0.15) is 0 Å². The molecule has 0 spiro atoms. The van der Waals surface area contributed by atoms with Crippen LogP contribution in [-0.4, -0.2) is 87.7 Å². The molecule has 0 unspecified atom stereocenters. The Kier molecular flexibility index (Phi) is 8.45. The molecule has 2 heterocycles. The highest BCUT2D eigenvalue weighted by atomic mass is 32.2. The predicted molar refractivity (Wildman–Crippen MR) is 106 cm³/mol. The predicted octanol–water partition coefficient (Wildman–Crippen LogP) is 0.0995. The molecule has 1 amide bonds. The molecule has 0 atom stereocenters.